The lowest BCUT2D eigenvalue weighted by Crippen LogP contribution is -2.29. The normalized spacial score (nSPS) is 11.1. The van der Waals surface area contributed by atoms with E-state index < -0.39 is 23.6 Å². The third-order valence-electron chi connectivity index (χ3n) is 5.53. The fraction of sp³-hybridized carbons (Fsp3) is 0.208. The molecule has 0 atom stereocenters. The van der Waals surface area contributed by atoms with Crippen molar-refractivity contribution in [3.05, 3.63) is 64.9 Å². The maximum atomic E-state index is 12.9. The van der Waals surface area contributed by atoms with Crippen molar-refractivity contribution in [3.63, 3.8) is 0 Å². The van der Waals surface area contributed by atoms with E-state index in [1.54, 1.807) is 53.4 Å². The molecule has 0 spiro atoms. The monoisotopic (exact) mass is 601 g/mol. The summed E-state index contributed by atoms with van der Waals surface area (Å²) in [6.45, 7) is 3.68. The largest absolute Gasteiger partial charge is 0.409 e. The summed E-state index contributed by atoms with van der Waals surface area (Å²) >= 11 is 3.00. The molecule has 7 N–H and O–H groups in total. The van der Waals surface area contributed by atoms with E-state index in [9.17, 15) is 19.2 Å². The van der Waals surface area contributed by atoms with Gasteiger partial charge in [-0.05, 0) is 34.1 Å². The number of halogens is 1. The SMILES string of the molecule is C=C(Br)C(=O)Nc1cc(C(=O)Nc2cc(C(=O)Nc3cc(C(=O)NCCC(N)=NO)n(C)c3)n(C)c2)n(C)c1. The van der Waals surface area contributed by atoms with Crippen molar-refractivity contribution in [2.24, 2.45) is 32.0 Å². The topological polar surface area (TPSA) is 190 Å². The molecule has 15 heteroatoms. The third-order valence-corrected chi connectivity index (χ3v) is 5.89. The molecule has 0 aliphatic carbocycles. The molecule has 0 bridgehead atoms. The number of nitrogens with one attached hydrogen (secondary N) is 4. The van der Waals surface area contributed by atoms with Crippen molar-refractivity contribution in [1.82, 2.24) is 19.0 Å². The van der Waals surface area contributed by atoms with E-state index in [0.29, 0.717) is 22.8 Å². The number of nitrogens with two attached hydrogens (primary N) is 1. The van der Waals surface area contributed by atoms with E-state index in [-0.39, 0.29) is 34.7 Å². The molecule has 0 saturated carbocycles. The van der Waals surface area contributed by atoms with Gasteiger partial charge in [0.15, 0.2) is 0 Å². The Morgan fingerprint density at radius 3 is 1.67 bits per heavy atom. The quantitative estimate of drug-likeness (QED) is 0.0676. The van der Waals surface area contributed by atoms with Gasteiger partial charge in [0, 0.05) is 52.7 Å². The van der Waals surface area contributed by atoms with Crippen LogP contribution in [0.5, 0.6) is 0 Å². The molecule has 3 aromatic rings. The van der Waals surface area contributed by atoms with Gasteiger partial charge in [-0.3, -0.25) is 19.2 Å². The number of amides is 4. The minimum absolute atomic E-state index is 0.00733. The lowest BCUT2D eigenvalue weighted by molar-refractivity contribution is -0.112. The molecule has 206 valence electrons. The molecule has 0 saturated heterocycles. The summed E-state index contributed by atoms with van der Waals surface area (Å²) in [5, 5.41) is 22.2. The molecule has 0 aromatic carbocycles. The molecular weight excluding hydrogens is 574 g/mol. The second kappa shape index (κ2) is 12.2. The predicted molar refractivity (Wildman–Crippen MR) is 149 cm³/mol. The first-order chi connectivity index (χ1) is 18.4. The number of oxime groups is 1. The Morgan fingerprint density at radius 1 is 0.846 bits per heavy atom. The van der Waals surface area contributed by atoms with Gasteiger partial charge in [0.1, 0.15) is 22.9 Å². The van der Waals surface area contributed by atoms with Gasteiger partial charge in [0.05, 0.1) is 21.5 Å². The Kier molecular flexibility index (Phi) is 8.98. The zero-order chi connectivity index (χ0) is 28.9. The summed E-state index contributed by atoms with van der Waals surface area (Å²) in [6.07, 6.45) is 4.93. The Morgan fingerprint density at radius 2 is 1.26 bits per heavy atom. The molecule has 0 radical (unpaired) electrons. The van der Waals surface area contributed by atoms with Gasteiger partial charge >= 0.3 is 0 Å². The lowest BCUT2D eigenvalue weighted by atomic mass is 10.3. The van der Waals surface area contributed by atoms with Gasteiger partial charge in [0.2, 0.25) is 0 Å². The van der Waals surface area contributed by atoms with Crippen LogP contribution in [-0.2, 0) is 25.9 Å². The van der Waals surface area contributed by atoms with Crippen LogP contribution in [0.1, 0.15) is 37.9 Å². The van der Waals surface area contributed by atoms with Crippen molar-refractivity contribution >= 4 is 62.5 Å². The number of aromatic nitrogens is 3. The molecule has 3 rings (SSSR count). The molecule has 0 aliphatic heterocycles. The van der Waals surface area contributed by atoms with Crippen LogP contribution in [-0.4, -0.2) is 54.9 Å². The minimum Gasteiger partial charge on any atom is -0.409 e. The van der Waals surface area contributed by atoms with E-state index in [2.05, 4.69) is 48.9 Å². The molecule has 39 heavy (non-hydrogen) atoms. The smallest absolute Gasteiger partial charge is 0.272 e. The second-order valence-electron chi connectivity index (χ2n) is 8.54. The zero-order valence-corrected chi connectivity index (χ0v) is 23.0. The summed E-state index contributed by atoms with van der Waals surface area (Å²) < 4.78 is 4.80. The highest BCUT2D eigenvalue weighted by Crippen LogP contribution is 2.20. The van der Waals surface area contributed by atoms with E-state index in [1.807, 2.05) is 0 Å². The number of rotatable bonds is 10. The number of anilines is 3. The van der Waals surface area contributed by atoms with Crippen LogP contribution in [0, 0.1) is 0 Å². The summed E-state index contributed by atoms with van der Waals surface area (Å²) in [7, 11) is 4.96. The van der Waals surface area contributed by atoms with Crippen LogP contribution in [0.25, 0.3) is 0 Å². The van der Waals surface area contributed by atoms with E-state index in [1.165, 1.54) is 18.2 Å². The van der Waals surface area contributed by atoms with Crippen molar-refractivity contribution in [2.45, 2.75) is 6.42 Å². The van der Waals surface area contributed by atoms with Crippen LogP contribution in [0.3, 0.4) is 0 Å². The van der Waals surface area contributed by atoms with Crippen LogP contribution in [0.4, 0.5) is 17.1 Å². The summed E-state index contributed by atoms with van der Waals surface area (Å²) in [6, 6.07) is 4.54. The Labute approximate surface area is 231 Å². The molecule has 14 nitrogen and oxygen atoms in total. The lowest BCUT2D eigenvalue weighted by Gasteiger charge is -2.04. The standard InChI is InChI=1S/C24H28BrN9O5/c1-13(25)21(35)28-14-8-18(33(3)10-14)23(37)30-16-9-19(34(4)12-16)24(38)29-15-7-17(32(2)11-15)22(36)27-6-5-20(26)31-39/h7-12,39H,1,5-6H2,2-4H3,(H2,26,31)(H,27,36)(H,28,35)(H,29,38)(H,30,37). The van der Waals surface area contributed by atoms with E-state index in [0.717, 1.165) is 0 Å². The highest BCUT2D eigenvalue weighted by atomic mass is 79.9. The van der Waals surface area contributed by atoms with E-state index in [4.69, 9.17) is 10.9 Å². The van der Waals surface area contributed by atoms with Gasteiger partial charge in [-0.1, -0.05) is 11.7 Å². The van der Waals surface area contributed by atoms with Crippen molar-refractivity contribution in [1.29, 1.82) is 0 Å². The fourth-order valence-electron chi connectivity index (χ4n) is 3.61. The van der Waals surface area contributed by atoms with Gasteiger partial charge in [-0.15, -0.1) is 0 Å². The number of nitrogens with zero attached hydrogens (tertiary/aromatic N) is 4. The van der Waals surface area contributed by atoms with Crippen LogP contribution < -0.4 is 27.0 Å². The number of amidine groups is 1. The first kappa shape index (κ1) is 28.8. The Hall–Kier alpha value is -4.79. The maximum Gasteiger partial charge on any atom is 0.272 e. The van der Waals surface area contributed by atoms with Crippen molar-refractivity contribution in [3.8, 4) is 0 Å². The van der Waals surface area contributed by atoms with Crippen molar-refractivity contribution in [2.75, 3.05) is 22.5 Å². The average molecular weight is 602 g/mol. The number of hydrogen-bond acceptors (Lipinski definition) is 6. The summed E-state index contributed by atoms with van der Waals surface area (Å²) in [4.78, 5) is 50.0. The van der Waals surface area contributed by atoms with Gasteiger partial charge in [-0.25, -0.2) is 0 Å². The van der Waals surface area contributed by atoms with Crippen LogP contribution in [0.15, 0.2) is 53.0 Å². The van der Waals surface area contributed by atoms with Crippen molar-refractivity contribution < 1.29 is 24.4 Å². The number of aryl methyl sites for hydroxylation is 3. The molecule has 3 aromatic heterocycles. The van der Waals surface area contributed by atoms with Gasteiger partial charge < -0.3 is 45.9 Å². The predicted octanol–water partition coefficient (Wildman–Crippen LogP) is 1.92. The maximum absolute atomic E-state index is 12.9. The summed E-state index contributed by atoms with van der Waals surface area (Å²) in [5.41, 5.74) is 7.42. The molecule has 0 unspecified atom stereocenters. The highest BCUT2D eigenvalue weighted by Gasteiger charge is 2.19. The van der Waals surface area contributed by atoms with Crippen LogP contribution in [0.2, 0.25) is 0 Å². The molecule has 3 heterocycles. The molecule has 0 fully saturated rings. The number of carbonyl (C=O) groups excluding carboxylic acids is 4. The Balaban J connectivity index is 1.65. The third kappa shape index (κ3) is 7.16. The minimum atomic E-state index is -0.457. The number of carbonyl (C=O) groups is 4. The van der Waals surface area contributed by atoms with E-state index >= 15 is 0 Å². The first-order valence-corrected chi connectivity index (χ1v) is 12.2. The van der Waals surface area contributed by atoms with Crippen LogP contribution >= 0.6 is 15.9 Å². The number of hydrogen-bond donors (Lipinski definition) is 6. The molecule has 0 aliphatic rings. The first-order valence-electron chi connectivity index (χ1n) is 11.4. The Bertz CT molecular complexity index is 1480. The summed E-state index contributed by atoms with van der Waals surface area (Å²) in [5.74, 6) is -1.74. The average Bonchev–Trinajstić information content (AvgIpc) is 3.54. The van der Waals surface area contributed by atoms with Gasteiger partial charge in [0.25, 0.3) is 23.6 Å². The highest BCUT2D eigenvalue weighted by molar-refractivity contribution is 9.12. The van der Waals surface area contributed by atoms with Gasteiger partial charge in [-0.2, -0.15) is 0 Å². The second-order valence-corrected chi connectivity index (χ2v) is 9.50. The molecule has 4 amide bonds. The zero-order valence-electron chi connectivity index (χ0n) is 21.4. The molecular formula is C24H28BrN9O5. The fourth-order valence-corrected chi connectivity index (χ4v) is 3.71.